The number of fused-ring (bicyclic) bond motifs is 4. The minimum absolute atomic E-state index is 0.0920. The summed E-state index contributed by atoms with van der Waals surface area (Å²) in [5, 5.41) is 1.42. The maximum Gasteiger partial charge on any atom is 0.111 e. The van der Waals surface area contributed by atoms with Crippen LogP contribution in [0.3, 0.4) is 0 Å². The van der Waals surface area contributed by atoms with Gasteiger partial charge < -0.3 is 18.9 Å². The number of likely N-dealkylation sites (tertiary alicyclic amines) is 1. The highest BCUT2D eigenvalue weighted by Gasteiger charge is 2.44. The van der Waals surface area contributed by atoms with Crippen LogP contribution in [0.2, 0.25) is 0 Å². The molecule has 2 saturated heterocycles. The Morgan fingerprint density at radius 3 is 2.77 bits per heavy atom. The lowest BCUT2D eigenvalue weighted by Gasteiger charge is -2.45. The standard InChI is InChI=1S/C22H30N2O2/c1-23-20-8-3-2-7-18(20)19-9-15-26-22(21(19)23)10-12-24(13-11-22)16-17-6-4-5-14-25-17/h2-3,7-8,17H,4-6,9-16H2,1H3. The Kier molecular flexibility index (Phi) is 4.30. The molecule has 140 valence electrons. The summed E-state index contributed by atoms with van der Waals surface area (Å²) in [4.78, 5) is 2.60. The molecule has 0 N–H and O–H groups in total. The van der Waals surface area contributed by atoms with E-state index in [1.165, 1.54) is 41.4 Å². The number of aromatic nitrogens is 1. The zero-order chi connectivity index (χ0) is 17.6. The second-order valence-electron chi connectivity index (χ2n) is 8.29. The van der Waals surface area contributed by atoms with Crippen LogP contribution in [0.5, 0.6) is 0 Å². The molecule has 0 bridgehead atoms. The lowest BCUT2D eigenvalue weighted by atomic mass is 9.83. The number of hydrogen-bond acceptors (Lipinski definition) is 3. The van der Waals surface area contributed by atoms with Gasteiger partial charge in [-0.05, 0) is 50.2 Å². The summed E-state index contributed by atoms with van der Waals surface area (Å²) in [5.41, 5.74) is 4.22. The highest BCUT2D eigenvalue weighted by atomic mass is 16.5. The average Bonchev–Trinajstić information content (AvgIpc) is 2.99. The number of ether oxygens (including phenoxy) is 2. The Hall–Kier alpha value is -1.36. The summed E-state index contributed by atoms with van der Waals surface area (Å²) < 4.78 is 14.9. The number of benzene rings is 1. The van der Waals surface area contributed by atoms with Crippen molar-refractivity contribution in [1.82, 2.24) is 9.47 Å². The first-order valence-electron chi connectivity index (χ1n) is 10.3. The molecule has 1 spiro atoms. The van der Waals surface area contributed by atoms with Gasteiger partial charge in [-0.15, -0.1) is 0 Å². The van der Waals surface area contributed by atoms with Gasteiger partial charge in [0.05, 0.1) is 18.4 Å². The number of aryl methyl sites for hydroxylation is 1. The predicted molar refractivity (Wildman–Crippen MR) is 104 cm³/mol. The third-order valence-corrected chi connectivity index (χ3v) is 6.77. The molecule has 1 aromatic heterocycles. The largest absolute Gasteiger partial charge is 0.377 e. The molecule has 0 saturated carbocycles. The van der Waals surface area contributed by atoms with E-state index in [9.17, 15) is 0 Å². The highest BCUT2D eigenvalue weighted by molar-refractivity contribution is 5.86. The predicted octanol–water partition coefficient (Wildman–Crippen LogP) is 3.61. The second-order valence-corrected chi connectivity index (χ2v) is 8.29. The molecule has 0 amide bonds. The van der Waals surface area contributed by atoms with E-state index in [4.69, 9.17) is 9.47 Å². The summed E-state index contributed by atoms with van der Waals surface area (Å²) in [6.07, 6.45) is 7.46. The van der Waals surface area contributed by atoms with Crippen LogP contribution in [-0.2, 0) is 28.5 Å². The number of para-hydroxylation sites is 1. The van der Waals surface area contributed by atoms with E-state index in [1.54, 1.807) is 0 Å². The van der Waals surface area contributed by atoms with Crippen molar-refractivity contribution < 1.29 is 9.47 Å². The van der Waals surface area contributed by atoms with Gasteiger partial charge in [-0.1, -0.05) is 18.2 Å². The van der Waals surface area contributed by atoms with Crippen molar-refractivity contribution in [3.63, 3.8) is 0 Å². The van der Waals surface area contributed by atoms with E-state index in [0.717, 1.165) is 52.1 Å². The Morgan fingerprint density at radius 2 is 1.96 bits per heavy atom. The van der Waals surface area contributed by atoms with Gasteiger partial charge in [0.15, 0.2) is 0 Å². The Morgan fingerprint density at radius 1 is 1.12 bits per heavy atom. The van der Waals surface area contributed by atoms with Gasteiger partial charge in [-0.25, -0.2) is 0 Å². The molecule has 1 atom stereocenters. The van der Waals surface area contributed by atoms with Crippen molar-refractivity contribution in [1.29, 1.82) is 0 Å². The van der Waals surface area contributed by atoms with Crippen LogP contribution in [0.1, 0.15) is 43.4 Å². The van der Waals surface area contributed by atoms with Gasteiger partial charge in [0, 0.05) is 44.2 Å². The first-order chi connectivity index (χ1) is 12.8. The van der Waals surface area contributed by atoms with Crippen LogP contribution < -0.4 is 0 Å². The molecular weight excluding hydrogens is 324 g/mol. The maximum absolute atomic E-state index is 6.50. The fraction of sp³-hybridized carbons (Fsp3) is 0.636. The monoisotopic (exact) mass is 354 g/mol. The van der Waals surface area contributed by atoms with E-state index < -0.39 is 0 Å². The Bertz CT molecular complexity index is 783. The van der Waals surface area contributed by atoms with Crippen LogP contribution in [0.15, 0.2) is 24.3 Å². The number of hydrogen-bond donors (Lipinski definition) is 0. The van der Waals surface area contributed by atoms with Crippen LogP contribution >= 0.6 is 0 Å². The minimum atomic E-state index is -0.0920. The molecule has 4 nitrogen and oxygen atoms in total. The zero-order valence-electron chi connectivity index (χ0n) is 15.9. The van der Waals surface area contributed by atoms with E-state index in [2.05, 4.69) is 40.8 Å². The summed E-state index contributed by atoms with van der Waals surface area (Å²) in [5.74, 6) is 0. The summed E-state index contributed by atoms with van der Waals surface area (Å²) in [7, 11) is 2.22. The third-order valence-electron chi connectivity index (χ3n) is 6.77. The molecule has 5 rings (SSSR count). The maximum atomic E-state index is 6.50. The molecule has 1 aromatic carbocycles. The van der Waals surface area contributed by atoms with Crippen LogP contribution in [-0.4, -0.2) is 48.4 Å². The molecule has 0 aliphatic carbocycles. The van der Waals surface area contributed by atoms with Gasteiger partial charge in [-0.2, -0.15) is 0 Å². The summed E-state index contributed by atoms with van der Waals surface area (Å²) in [6.45, 7) is 5.12. The topological polar surface area (TPSA) is 26.6 Å². The molecule has 2 aromatic rings. The number of rotatable bonds is 2. The molecular formula is C22H30N2O2. The average molecular weight is 354 g/mol. The Labute approximate surface area is 156 Å². The van der Waals surface area contributed by atoms with Crippen molar-refractivity contribution in [2.75, 3.05) is 32.8 Å². The number of nitrogens with zero attached hydrogens (tertiary/aromatic N) is 2. The molecule has 3 aliphatic heterocycles. The molecule has 2 fully saturated rings. The quantitative estimate of drug-likeness (QED) is 0.824. The fourth-order valence-corrected chi connectivity index (χ4v) is 5.44. The van der Waals surface area contributed by atoms with E-state index in [1.807, 2.05) is 0 Å². The lowest BCUT2D eigenvalue weighted by Crippen LogP contribution is -2.49. The lowest BCUT2D eigenvalue weighted by molar-refractivity contribution is -0.108. The van der Waals surface area contributed by atoms with Gasteiger partial charge >= 0.3 is 0 Å². The van der Waals surface area contributed by atoms with Crippen LogP contribution in [0, 0.1) is 0 Å². The molecule has 3 aliphatic rings. The van der Waals surface area contributed by atoms with Gasteiger partial charge in [0.1, 0.15) is 5.60 Å². The van der Waals surface area contributed by atoms with Gasteiger partial charge in [0.25, 0.3) is 0 Å². The van der Waals surface area contributed by atoms with Crippen molar-refractivity contribution >= 4 is 10.9 Å². The van der Waals surface area contributed by atoms with E-state index >= 15 is 0 Å². The van der Waals surface area contributed by atoms with Gasteiger partial charge in [0.2, 0.25) is 0 Å². The SMILES string of the molecule is Cn1c2c(c3ccccc31)CCOC21CCN(CC2CCCCO2)CC1. The van der Waals surface area contributed by atoms with E-state index in [0.29, 0.717) is 6.10 Å². The first kappa shape index (κ1) is 16.8. The fourth-order valence-electron chi connectivity index (χ4n) is 5.44. The van der Waals surface area contributed by atoms with E-state index in [-0.39, 0.29) is 5.60 Å². The molecule has 0 radical (unpaired) electrons. The molecule has 1 unspecified atom stereocenters. The Balaban J connectivity index is 1.38. The van der Waals surface area contributed by atoms with Crippen molar-refractivity contribution in [2.45, 2.75) is 50.2 Å². The molecule has 4 heterocycles. The third kappa shape index (κ3) is 2.70. The molecule has 26 heavy (non-hydrogen) atoms. The summed E-state index contributed by atoms with van der Waals surface area (Å²) in [6, 6.07) is 8.84. The van der Waals surface area contributed by atoms with Crippen molar-refractivity contribution in [3.05, 3.63) is 35.5 Å². The zero-order valence-corrected chi connectivity index (χ0v) is 15.9. The van der Waals surface area contributed by atoms with Crippen molar-refractivity contribution in [2.24, 2.45) is 7.05 Å². The highest BCUT2D eigenvalue weighted by Crippen LogP contribution is 2.44. The van der Waals surface area contributed by atoms with Crippen LogP contribution in [0.4, 0.5) is 0 Å². The summed E-state index contributed by atoms with van der Waals surface area (Å²) >= 11 is 0. The van der Waals surface area contributed by atoms with Crippen LogP contribution in [0.25, 0.3) is 10.9 Å². The molecule has 4 heteroatoms. The smallest absolute Gasteiger partial charge is 0.111 e. The normalized spacial score (nSPS) is 26.3. The first-order valence-corrected chi connectivity index (χ1v) is 10.3. The minimum Gasteiger partial charge on any atom is -0.377 e. The van der Waals surface area contributed by atoms with Gasteiger partial charge in [-0.3, -0.25) is 0 Å². The second kappa shape index (κ2) is 6.66. The van der Waals surface area contributed by atoms with Crippen molar-refractivity contribution in [3.8, 4) is 0 Å². The number of piperidine rings is 1.